The molecule has 0 radical (unpaired) electrons. The fraction of sp³-hybridized carbons (Fsp3) is 0.250. The van der Waals surface area contributed by atoms with Gasteiger partial charge in [0.25, 0.3) is 0 Å². The van der Waals surface area contributed by atoms with Crippen LogP contribution < -0.4 is 9.47 Å². The minimum Gasteiger partial charge on any atom is -0.479 e. The van der Waals surface area contributed by atoms with E-state index in [4.69, 9.17) is 14.6 Å². The van der Waals surface area contributed by atoms with Gasteiger partial charge in [0.2, 0.25) is 5.88 Å². The van der Waals surface area contributed by atoms with Crippen molar-refractivity contribution in [3.8, 4) is 17.4 Å². The molecule has 0 aliphatic heterocycles. The van der Waals surface area contributed by atoms with Crippen LogP contribution in [0.3, 0.4) is 0 Å². The van der Waals surface area contributed by atoms with E-state index in [-0.39, 0.29) is 0 Å². The summed E-state index contributed by atoms with van der Waals surface area (Å²) in [5, 5.41) is 9.06. The van der Waals surface area contributed by atoms with Gasteiger partial charge in [-0.2, -0.15) is 0 Å². The Morgan fingerprint density at radius 1 is 1.19 bits per heavy atom. The van der Waals surface area contributed by atoms with Gasteiger partial charge in [-0.05, 0) is 36.8 Å². The summed E-state index contributed by atoms with van der Waals surface area (Å²) < 4.78 is 11.0. The van der Waals surface area contributed by atoms with Crippen LogP contribution in [0.4, 0.5) is 0 Å². The van der Waals surface area contributed by atoms with E-state index in [0.717, 1.165) is 6.42 Å². The monoisotopic (exact) mass is 287 g/mol. The van der Waals surface area contributed by atoms with Crippen LogP contribution in [-0.2, 0) is 4.79 Å². The number of benzene rings is 1. The lowest BCUT2D eigenvalue weighted by molar-refractivity contribution is -0.145. The minimum atomic E-state index is -0.953. The summed E-state index contributed by atoms with van der Waals surface area (Å²) in [7, 11) is 0. The molecule has 0 saturated carbocycles. The molecule has 0 amide bonds. The first-order chi connectivity index (χ1) is 10.2. The summed E-state index contributed by atoms with van der Waals surface area (Å²) in [5.41, 5.74) is 0. The maximum Gasteiger partial charge on any atom is 0.344 e. The smallest absolute Gasteiger partial charge is 0.344 e. The van der Waals surface area contributed by atoms with E-state index < -0.39 is 12.1 Å². The average molecular weight is 287 g/mol. The van der Waals surface area contributed by atoms with Crippen molar-refractivity contribution in [3.05, 3.63) is 48.7 Å². The molecule has 1 heterocycles. The highest BCUT2D eigenvalue weighted by Crippen LogP contribution is 2.23. The molecular formula is C16H17NO4. The molecule has 0 fully saturated rings. The number of hydrogen-bond acceptors (Lipinski definition) is 4. The van der Waals surface area contributed by atoms with Crippen LogP contribution >= 0.6 is 0 Å². The van der Waals surface area contributed by atoms with Crippen molar-refractivity contribution in [1.82, 2.24) is 4.98 Å². The Morgan fingerprint density at radius 3 is 2.48 bits per heavy atom. The molecule has 21 heavy (non-hydrogen) atoms. The lowest BCUT2D eigenvalue weighted by atomic mass is 10.2. The lowest BCUT2D eigenvalue weighted by Gasteiger charge is -2.14. The summed E-state index contributed by atoms with van der Waals surface area (Å²) in [6, 6.07) is 12.2. The van der Waals surface area contributed by atoms with Gasteiger partial charge >= 0.3 is 5.97 Å². The molecule has 5 heteroatoms. The number of carboxylic acids is 1. The fourth-order valence-corrected chi connectivity index (χ4v) is 1.77. The Morgan fingerprint density at radius 2 is 1.90 bits per heavy atom. The Kier molecular flexibility index (Phi) is 5.15. The summed E-state index contributed by atoms with van der Waals surface area (Å²) in [4.78, 5) is 15.1. The molecule has 1 N–H and O–H groups in total. The van der Waals surface area contributed by atoms with E-state index in [2.05, 4.69) is 4.98 Å². The zero-order valence-corrected chi connectivity index (χ0v) is 11.7. The molecule has 2 rings (SSSR count). The Labute approximate surface area is 123 Å². The molecule has 0 spiro atoms. The van der Waals surface area contributed by atoms with E-state index in [1.54, 1.807) is 36.5 Å². The minimum absolute atomic E-state index is 0.474. The SMILES string of the molecule is CCCC(Oc1ccc(Oc2ccccn2)cc1)C(=O)O. The molecule has 1 atom stereocenters. The van der Waals surface area contributed by atoms with Crippen LogP contribution in [0.1, 0.15) is 19.8 Å². The van der Waals surface area contributed by atoms with Gasteiger partial charge in [0.05, 0.1) is 0 Å². The quantitative estimate of drug-likeness (QED) is 0.844. The highest BCUT2D eigenvalue weighted by molar-refractivity contribution is 5.72. The van der Waals surface area contributed by atoms with E-state index in [0.29, 0.717) is 23.8 Å². The van der Waals surface area contributed by atoms with Gasteiger partial charge in [-0.3, -0.25) is 0 Å². The number of hydrogen-bond donors (Lipinski definition) is 1. The molecule has 1 aromatic heterocycles. The number of aromatic nitrogens is 1. The maximum absolute atomic E-state index is 11.0. The summed E-state index contributed by atoms with van der Waals surface area (Å²) >= 11 is 0. The molecule has 5 nitrogen and oxygen atoms in total. The second kappa shape index (κ2) is 7.28. The molecule has 110 valence electrons. The standard InChI is InChI=1S/C16H17NO4/c1-2-5-14(16(18)19)20-12-7-9-13(10-8-12)21-15-6-3-4-11-17-15/h3-4,6-11,14H,2,5H2,1H3,(H,18,19). The second-order valence-electron chi connectivity index (χ2n) is 4.47. The first-order valence-electron chi connectivity index (χ1n) is 6.77. The molecule has 2 aromatic rings. The topological polar surface area (TPSA) is 68.7 Å². The Hall–Kier alpha value is -2.56. The van der Waals surface area contributed by atoms with Gasteiger partial charge in [-0.15, -0.1) is 0 Å². The van der Waals surface area contributed by atoms with Crippen molar-refractivity contribution in [1.29, 1.82) is 0 Å². The number of carboxylic acid groups (broad SMARTS) is 1. The predicted molar refractivity (Wildman–Crippen MR) is 77.7 cm³/mol. The number of ether oxygens (including phenoxy) is 2. The number of carbonyl (C=O) groups is 1. The molecule has 1 aromatic carbocycles. The fourth-order valence-electron chi connectivity index (χ4n) is 1.77. The zero-order chi connectivity index (χ0) is 15.1. The van der Waals surface area contributed by atoms with E-state index in [1.165, 1.54) is 0 Å². The summed E-state index contributed by atoms with van der Waals surface area (Å²) in [6.07, 6.45) is 2.05. The number of aliphatic carboxylic acids is 1. The van der Waals surface area contributed by atoms with Crippen molar-refractivity contribution < 1.29 is 19.4 Å². The Bertz CT molecular complexity index is 569. The van der Waals surface area contributed by atoms with Gasteiger partial charge < -0.3 is 14.6 Å². The van der Waals surface area contributed by atoms with Gasteiger partial charge in [0.1, 0.15) is 11.5 Å². The van der Waals surface area contributed by atoms with Crippen molar-refractivity contribution >= 4 is 5.97 Å². The zero-order valence-electron chi connectivity index (χ0n) is 11.7. The molecule has 0 bridgehead atoms. The van der Waals surface area contributed by atoms with Crippen LogP contribution in [-0.4, -0.2) is 22.2 Å². The van der Waals surface area contributed by atoms with Gasteiger partial charge in [0.15, 0.2) is 6.10 Å². The van der Waals surface area contributed by atoms with E-state index in [9.17, 15) is 4.79 Å². The number of pyridine rings is 1. The maximum atomic E-state index is 11.0. The molecule has 0 aliphatic rings. The number of rotatable bonds is 7. The van der Waals surface area contributed by atoms with Crippen LogP contribution in [0.2, 0.25) is 0 Å². The van der Waals surface area contributed by atoms with Crippen molar-refractivity contribution in [2.75, 3.05) is 0 Å². The van der Waals surface area contributed by atoms with Gasteiger partial charge in [-0.25, -0.2) is 9.78 Å². The largest absolute Gasteiger partial charge is 0.479 e. The third-order valence-electron chi connectivity index (χ3n) is 2.79. The van der Waals surface area contributed by atoms with E-state index in [1.807, 2.05) is 19.1 Å². The third kappa shape index (κ3) is 4.49. The van der Waals surface area contributed by atoms with Crippen molar-refractivity contribution in [3.63, 3.8) is 0 Å². The Balaban J connectivity index is 2.00. The number of nitrogens with zero attached hydrogens (tertiary/aromatic N) is 1. The summed E-state index contributed by atoms with van der Waals surface area (Å²) in [5.74, 6) is 0.666. The molecular weight excluding hydrogens is 270 g/mol. The third-order valence-corrected chi connectivity index (χ3v) is 2.79. The molecule has 1 unspecified atom stereocenters. The normalized spacial score (nSPS) is 11.7. The van der Waals surface area contributed by atoms with Crippen LogP contribution in [0.25, 0.3) is 0 Å². The van der Waals surface area contributed by atoms with Crippen LogP contribution in [0.15, 0.2) is 48.7 Å². The average Bonchev–Trinajstić information content (AvgIpc) is 2.49. The van der Waals surface area contributed by atoms with E-state index >= 15 is 0 Å². The van der Waals surface area contributed by atoms with Gasteiger partial charge in [-0.1, -0.05) is 19.4 Å². The molecule has 0 aliphatic carbocycles. The second-order valence-corrected chi connectivity index (χ2v) is 4.47. The van der Waals surface area contributed by atoms with Crippen molar-refractivity contribution in [2.24, 2.45) is 0 Å². The summed E-state index contributed by atoms with van der Waals surface area (Å²) in [6.45, 7) is 1.92. The highest BCUT2D eigenvalue weighted by atomic mass is 16.5. The van der Waals surface area contributed by atoms with Crippen molar-refractivity contribution in [2.45, 2.75) is 25.9 Å². The predicted octanol–water partition coefficient (Wildman–Crippen LogP) is 3.51. The highest BCUT2D eigenvalue weighted by Gasteiger charge is 2.17. The van der Waals surface area contributed by atoms with Crippen LogP contribution in [0.5, 0.6) is 17.4 Å². The lowest BCUT2D eigenvalue weighted by Crippen LogP contribution is -2.26. The van der Waals surface area contributed by atoms with Gasteiger partial charge in [0, 0.05) is 12.3 Å². The molecule has 0 saturated heterocycles. The first-order valence-corrected chi connectivity index (χ1v) is 6.77. The first kappa shape index (κ1) is 14.8. The van der Waals surface area contributed by atoms with Crippen LogP contribution in [0, 0.1) is 0 Å².